The average Bonchev–Trinajstić information content (AvgIpc) is 2.91. The van der Waals surface area contributed by atoms with Gasteiger partial charge in [-0.05, 0) is 22.7 Å². The Hall–Kier alpha value is -3.97. The van der Waals surface area contributed by atoms with E-state index < -0.39 is 11.6 Å². The van der Waals surface area contributed by atoms with Gasteiger partial charge in [0.1, 0.15) is 0 Å². The van der Waals surface area contributed by atoms with E-state index in [1.807, 2.05) is 60.7 Å². The first-order chi connectivity index (χ1) is 17.0. The van der Waals surface area contributed by atoms with Gasteiger partial charge in [-0.3, -0.25) is 17.1 Å². The predicted molar refractivity (Wildman–Crippen MR) is 133 cm³/mol. The lowest BCUT2D eigenvalue weighted by atomic mass is 10.2. The summed E-state index contributed by atoms with van der Waals surface area (Å²) < 4.78 is 26.6. The fraction of sp³-hybridized carbons (Fsp3) is 0.0909. The normalized spacial score (nSPS) is 9.66. The summed E-state index contributed by atoms with van der Waals surface area (Å²) in [5.41, 5.74) is 4.34. The van der Waals surface area contributed by atoms with E-state index in [4.69, 9.17) is 17.4 Å². The SMILES string of the molecule is Fc1cnc(Cl)nc1NCc1ccccc1.NN.NNc1ncc(F)c(NCc2ccccc2)n1. The molecule has 4 aromatic rings. The summed E-state index contributed by atoms with van der Waals surface area (Å²) in [6, 6.07) is 19.3. The van der Waals surface area contributed by atoms with Crippen LogP contribution in [0.3, 0.4) is 0 Å². The molecule has 13 heteroatoms. The van der Waals surface area contributed by atoms with Crippen molar-refractivity contribution in [3.05, 3.63) is 101 Å². The molecule has 0 aliphatic heterocycles. The maximum Gasteiger partial charge on any atom is 0.239 e. The van der Waals surface area contributed by atoms with Crippen LogP contribution in [-0.2, 0) is 13.1 Å². The number of nitrogen functional groups attached to an aromatic ring is 1. The van der Waals surface area contributed by atoms with Crippen LogP contribution in [-0.4, -0.2) is 19.9 Å². The number of rotatable bonds is 7. The van der Waals surface area contributed by atoms with Crippen molar-refractivity contribution in [1.29, 1.82) is 0 Å². The number of hydrazine groups is 2. The summed E-state index contributed by atoms with van der Waals surface area (Å²) in [6.45, 7) is 0.976. The van der Waals surface area contributed by atoms with Gasteiger partial charge < -0.3 is 10.6 Å². The molecule has 2 aromatic heterocycles. The standard InChI is InChI=1S/C11H9ClFN3.C11H12FN5.H4N2/c12-11-15-7-9(13)10(16-11)14-6-8-4-2-1-3-5-8;12-9-7-15-11(17-13)16-10(9)14-6-8-4-2-1-3-5-8;1-2/h1-5,7H,6H2,(H,14,15,16);1-5,7H,6,13H2,(H2,14,15,16,17);1-2H2. The second-order valence-corrected chi connectivity index (χ2v) is 6.89. The van der Waals surface area contributed by atoms with E-state index in [1.165, 1.54) is 0 Å². The van der Waals surface area contributed by atoms with Gasteiger partial charge in [0, 0.05) is 13.1 Å². The number of halogens is 3. The number of hydrogen-bond acceptors (Lipinski definition) is 10. The van der Waals surface area contributed by atoms with Gasteiger partial charge in [-0.1, -0.05) is 60.7 Å². The molecule has 0 aliphatic carbocycles. The number of aromatic nitrogens is 4. The molecule has 2 heterocycles. The lowest BCUT2D eigenvalue weighted by molar-refractivity contribution is 0.616. The molecule has 0 atom stereocenters. The molecule has 10 nitrogen and oxygen atoms in total. The smallest absolute Gasteiger partial charge is 0.239 e. The Kier molecular flexibility index (Phi) is 11.7. The van der Waals surface area contributed by atoms with Gasteiger partial charge >= 0.3 is 0 Å². The van der Waals surface area contributed by atoms with Crippen LogP contribution in [0.4, 0.5) is 26.4 Å². The summed E-state index contributed by atoms with van der Waals surface area (Å²) in [4.78, 5) is 14.8. The number of nitrogens with zero attached hydrogens (tertiary/aromatic N) is 4. The van der Waals surface area contributed by atoms with Crippen LogP contribution in [0.2, 0.25) is 5.28 Å². The molecule has 0 saturated heterocycles. The van der Waals surface area contributed by atoms with Crippen molar-refractivity contribution in [2.75, 3.05) is 16.1 Å². The highest BCUT2D eigenvalue weighted by Crippen LogP contribution is 2.14. The third kappa shape index (κ3) is 9.43. The largest absolute Gasteiger partial charge is 0.363 e. The zero-order valence-electron chi connectivity index (χ0n) is 18.5. The van der Waals surface area contributed by atoms with E-state index in [-0.39, 0.29) is 22.9 Å². The third-order valence-electron chi connectivity index (χ3n) is 4.19. The molecule has 0 fully saturated rings. The van der Waals surface area contributed by atoms with Crippen molar-refractivity contribution in [3.63, 3.8) is 0 Å². The monoisotopic (exact) mass is 502 g/mol. The Morgan fingerprint density at radius 1 is 0.714 bits per heavy atom. The molecule has 0 bridgehead atoms. The number of anilines is 3. The fourth-order valence-electron chi connectivity index (χ4n) is 2.59. The maximum absolute atomic E-state index is 13.4. The van der Waals surface area contributed by atoms with Crippen LogP contribution in [0.1, 0.15) is 11.1 Å². The zero-order chi connectivity index (χ0) is 25.5. The van der Waals surface area contributed by atoms with Crippen molar-refractivity contribution in [2.45, 2.75) is 13.1 Å². The highest BCUT2D eigenvalue weighted by atomic mass is 35.5. The molecule has 0 radical (unpaired) electrons. The zero-order valence-corrected chi connectivity index (χ0v) is 19.3. The lowest BCUT2D eigenvalue weighted by Gasteiger charge is -2.07. The summed E-state index contributed by atoms with van der Waals surface area (Å²) in [5, 5.41) is 5.77. The van der Waals surface area contributed by atoms with Crippen molar-refractivity contribution in [2.24, 2.45) is 17.5 Å². The first kappa shape index (κ1) is 27.3. The van der Waals surface area contributed by atoms with Gasteiger partial charge in [-0.25, -0.2) is 24.6 Å². The van der Waals surface area contributed by atoms with E-state index in [0.29, 0.717) is 13.1 Å². The van der Waals surface area contributed by atoms with Crippen LogP contribution in [0.5, 0.6) is 0 Å². The second kappa shape index (κ2) is 15.0. The van der Waals surface area contributed by atoms with Crippen LogP contribution < -0.4 is 33.6 Å². The number of hydrogen-bond donors (Lipinski definition) is 6. The predicted octanol–water partition coefficient (Wildman–Crippen LogP) is 3.21. The van der Waals surface area contributed by atoms with E-state index in [9.17, 15) is 8.78 Å². The lowest BCUT2D eigenvalue weighted by Crippen LogP contribution is -2.12. The van der Waals surface area contributed by atoms with E-state index >= 15 is 0 Å². The first-order valence-corrected chi connectivity index (χ1v) is 10.5. The molecule has 35 heavy (non-hydrogen) atoms. The molecule has 0 unspecified atom stereocenters. The Labute approximate surface area is 205 Å². The number of nitrogens with one attached hydrogen (secondary N) is 3. The molecule has 4 rings (SSSR count). The average molecular weight is 503 g/mol. The van der Waals surface area contributed by atoms with Crippen molar-refractivity contribution >= 4 is 29.2 Å². The third-order valence-corrected chi connectivity index (χ3v) is 4.38. The maximum atomic E-state index is 13.4. The summed E-state index contributed by atoms with van der Waals surface area (Å²) in [7, 11) is 0. The van der Waals surface area contributed by atoms with Crippen LogP contribution in [0.15, 0.2) is 73.1 Å². The van der Waals surface area contributed by atoms with Gasteiger partial charge in [0.25, 0.3) is 0 Å². The Bertz CT molecular complexity index is 1150. The van der Waals surface area contributed by atoms with Crippen molar-refractivity contribution in [1.82, 2.24) is 19.9 Å². The van der Waals surface area contributed by atoms with Gasteiger partial charge in [-0.15, -0.1) is 0 Å². The molecular formula is C22H25ClF2N10. The van der Waals surface area contributed by atoms with E-state index in [1.54, 1.807) is 0 Å². The highest BCUT2D eigenvalue weighted by Gasteiger charge is 2.06. The van der Waals surface area contributed by atoms with E-state index in [0.717, 1.165) is 23.5 Å². The number of benzene rings is 2. The Morgan fingerprint density at radius 2 is 1.17 bits per heavy atom. The van der Waals surface area contributed by atoms with Gasteiger partial charge in [-0.2, -0.15) is 9.97 Å². The second-order valence-electron chi connectivity index (χ2n) is 6.55. The quantitative estimate of drug-likeness (QED) is 0.125. The van der Waals surface area contributed by atoms with Crippen molar-refractivity contribution < 1.29 is 8.78 Å². The molecule has 0 aliphatic rings. The van der Waals surface area contributed by atoms with Gasteiger partial charge in [0.15, 0.2) is 23.3 Å². The highest BCUT2D eigenvalue weighted by molar-refractivity contribution is 6.28. The summed E-state index contributed by atoms with van der Waals surface area (Å²) in [5.74, 6) is 12.5. The topological polar surface area (TPSA) is 166 Å². The fourth-order valence-corrected chi connectivity index (χ4v) is 2.73. The molecule has 2 aromatic carbocycles. The Balaban J connectivity index is 0.000000231. The minimum Gasteiger partial charge on any atom is -0.363 e. The number of nitrogens with two attached hydrogens (primary N) is 3. The minimum atomic E-state index is -0.514. The molecule has 0 spiro atoms. The van der Waals surface area contributed by atoms with Crippen LogP contribution in [0.25, 0.3) is 0 Å². The van der Waals surface area contributed by atoms with Gasteiger partial charge in [0.05, 0.1) is 12.4 Å². The van der Waals surface area contributed by atoms with Crippen molar-refractivity contribution in [3.8, 4) is 0 Å². The first-order valence-electron chi connectivity index (χ1n) is 10.1. The molecule has 184 valence electrons. The van der Waals surface area contributed by atoms with Crippen LogP contribution in [0, 0.1) is 11.6 Å². The minimum absolute atomic E-state index is 0.0250. The molecule has 9 N–H and O–H groups in total. The molecule has 0 amide bonds. The molecule has 0 saturated carbocycles. The van der Waals surface area contributed by atoms with E-state index in [2.05, 4.69) is 47.7 Å². The van der Waals surface area contributed by atoms with Gasteiger partial charge in [0.2, 0.25) is 11.2 Å². The summed E-state index contributed by atoms with van der Waals surface area (Å²) in [6.07, 6.45) is 2.11. The summed E-state index contributed by atoms with van der Waals surface area (Å²) >= 11 is 5.57. The Morgan fingerprint density at radius 3 is 1.66 bits per heavy atom. The molecular weight excluding hydrogens is 478 g/mol. The van der Waals surface area contributed by atoms with Crippen LogP contribution >= 0.6 is 11.6 Å².